The number of nitrogens with zero attached hydrogens (tertiary/aromatic N) is 1. The molecule has 1 heterocycles. The van der Waals surface area contributed by atoms with E-state index in [1.165, 1.54) is 0 Å². The van der Waals surface area contributed by atoms with Crippen molar-refractivity contribution in [2.24, 2.45) is 0 Å². The van der Waals surface area contributed by atoms with Gasteiger partial charge in [0.1, 0.15) is 6.04 Å². The molecule has 1 aromatic carbocycles. The minimum absolute atomic E-state index is 0.105. The quantitative estimate of drug-likeness (QED) is 0.787. The highest BCUT2D eigenvalue weighted by Crippen LogP contribution is 2.22. The van der Waals surface area contributed by atoms with Gasteiger partial charge in [0.15, 0.2) is 0 Å². The number of benzene rings is 1. The first-order valence-corrected chi connectivity index (χ1v) is 7.61. The smallest absolute Gasteiger partial charge is 0.318 e. The second-order valence-electron chi connectivity index (χ2n) is 5.24. The van der Waals surface area contributed by atoms with Gasteiger partial charge < -0.3 is 15.5 Å². The van der Waals surface area contributed by atoms with Crippen LogP contribution in [0.3, 0.4) is 0 Å². The first-order valence-electron chi connectivity index (χ1n) is 7.61. The molecule has 21 heavy (non-hydrogen) atoms. The fraction of sp³-hybridized carbons (Fsp3) is 0.500. The van der Waals surface area contributed by atoms with Crippen molar-refractivity contribution in [1.82, 2.24) is 15.5 Å². The fourth-order valence-corrected chi connectivity index (χ4v) is 2.49. The highest BCUT2D eigenvalue weighted by Gasteiger charge is 2.32. The van der Waals surface area contributed by atoms with Crippen molar-refractivity contribution < 1.29 is 9.59 Å². The molecule has 0 saturated carbocycles. The summed E-state index contributed by atoms with van der Waals surface area (Å²) in [4.78, 5) is 26.2. The lowest BCUT2D eigenvalue weighted by molar-refractivity contribution is -0.125. The molecule has 5 heteroatoms. The monoisotopic (exact) mass is 289 g/mol. The van der Waals surface area contributed by atoms with E-state index in [2.05, 4.69) is 17.6 Å². The van der Waals surface area contributed by atoms with Crippen molar-refractivity contribution in [3.05, 3.63) is 35.9 Å². The summed E-state index contributed by atoms with van der Waals surface area (Å²) in [5, 5.41) is 5.75. The van der Waals surface area contributed by atoms with Crippen LogP contribution in [-0.2, 0) is 4.79 Å². The number of carbonyl (C=O) groups is 2. The lowest BCUT2D eigenvalue weighted by Gasteiger charge is -2.34. The molecule has 0 aliphatic carbocycles. The van der Waals surface area contributed by atoms with Gasteiger partial charge in [0.2, 0.25) is 5.91 Å². The van der Waals surface area contributed by atoms with Gasteiger partial charge in [-0.3, -0.25) is 4.79 Å². The fourth-order valence-electron chi connectivity index (χ4n) is 2.49. The molecule has 1 aliphatic rings. The van der Waals surface area contributed by atoms with Gasteiger partial charge in [-0.2, -0.15) is 0 Å². The Morgan fingerprint density at radius 1 is 1.38 bits per heavy atom. The molecule has 2 N–H and O–H groups in total. The third-order valence-corrected chi connectivity index (χ3v) is 3.62. The average molecular weight is 289 g/mol. The van der Waals surface area contributed by atoms with Gasteiger partial charge in [0.05, 0.1) is 0 Å². The Morgan fingerprint density at radius 2 is 2.14 bits per heavy atom. The second kappa shape index (κ2) is 7.67. The molecule has 1 aromatic rings. The van der Waals surface area contributed by atoms with Crippen LogP contribution < -0.4 is 10.6 Å². The molecule has 1 unspecified atom stereocenters. The van der Waals surface area contributed by atoms with Gasteiger partial charge in [-0.05, 0) is 18.4 Å². The minimum Gasteiger partial charge on any atom is -0.354 e. The summed E-state index contributed by atoms with van der Waals surface area (Å²) < 4.78 is 0. The Morgan fingerprint density at radius 3 is 2.81 bits per heavy atom. The summed E-state index contributed by atoms with van der Waals surface area (Å²) in [6.45, 7) is 4.01. The predicted octanol–water partition coefficient (Wildman–Crippen LogP) is 2.06. The van der Waals surface area contributed by atoms with Gasteiger partial charge >= 0.3 is 6.03 Å². The van der Waals surface area contributed by atoms with Gasteiger partial charge in [0.25, 0.3) is 0 Å². The van der Waals surface area contributed by atoms with E-state index in [9.17, 15) is 9.59 Å². The van der Waals surface area contributed by atoms with Crippen molar-refractivity contribution >= 4 is 11.9 Å². The Kier molecular flexibility index (Phi) is 5.60. The first-order chi connectivity index (χ1) is 10.2. The number of rotatable bonds is 6. The highest BCUT2D eigenvalue weighted by atomic mass is 16.2. The molecule has 1 aliphatic heterocycles. The van der Waals surface area contributed by atoms with E-state index < -0.39 is 6.04 Å². The van der Waals surface area contributed by atoms with Crippen LogP contribution in [0.5, 0.6) is 0 Å². The van der Waals surface area contributed by atoms with E-state index in [1.807, 2.05) is 30.3 Å². The molecule has 0 aromatic heterocycles. The van der Waals surface area contributed by atoms with Crippen LogP contribution in [0.15, 0.2) is 30.3 Å². The largest absolute Gasteiger partial charge is 0.354 e. The van der Waals surface area contributed by atoms with Crippen LogP contribution >= 0.6 is 0 Å². The molecule has 0 spiro atoms. The van der Waals surface area contributed by atoms with Gasteiger partial charge in [-0.15, -0.1) is 0 Å². The summed E-state index contributed by atoms with van der Waals surface area (Å²) in [6, 6.07) is 8.76. The van der Waals surface area contributed by atoms with E-state index in [-0.39, 0.29) is 11.9 Å². The minimum atomic E-state index is -0.552. The van der Waals surface area contributed by atoms with Crippen molar-refractivity contribution in [3.63, 3.8) is 0 Å². The van der Waals surface area contributed by atoms with E-state index in [0.717, 1.165) is 24.8 Å². The van der Waals surface area contributed by atoms with E-state index in [0.29, 0.717) is 19.6 Å². The third kappa shape index (κ3) is 3.97. The average Bonchev–Trinajstić information content (AvgIpc) is 2.51. The molecule has 2 rings (SSSR count). The van der Waals surface area contributed by atoms with Crippen molar-refractivity contribution in [1.29, 1.82) is 0 Å². The van der Waals surface area contributed by atoms with E-state index in [4.69, 9.17) is 0 Å². The lowest BCUT2D eigenvalue weighted by atomic mass is 10.0. The summed E-state index contributed by atoms with van der Waals surface area (Å²) in [5.41, 5.74) is 0.851. The van der Waals surface area contributed by atoms with Gasteiger partial charge in [0, 0.05) is 19.6 Å². The van der Waals surface area contributed by atoms with Crippen LogP contribution in [0.25, 0.3) is 0 Å². The summed E-state index contributed by atoms with van der Waals surface area (Å²) in [6.07, 6.45) is 2.83. The molecule has 0 radical (unpaired) electrons. The number of nitrogens with one attached hydrogen (secondary N) is 2. The summed E-state index contributed by atoms with van der Waals surface area (Å²) >= 11 is 0. The number of hydrogen-bond donors (Lipinski definition) is 2. The molecular weight excluding hydrogens is 266 g/mol. The maximum atomic E-state index is 12.5. The van der Waals surface area contributed by atoms with Crippen molar-refractivity contribution in [3.8, 4) is 0 Å². The number of urea groups is 1. The highest BCUT2D eigenvalue weighted by molar-refractivity contribution is 5.88. The Hall–Kier alpha value is -2.04. The number of amides is 3. The second-order valence-corrected chi connectivity index (χ2v) is 5.24. The SMILES string of the molecule is CCCCNC(=O)C(c1ccccc1)N1CCCNC1=O. The Balaban J connectivity index is 2.17. The Bertz CT molecular complexity index is 476. The molecule has 5 nitrogen and oxygen atoms in total. The van der Waals surface area contributed by atoms with Crippen molar-refractivity contribution in [2.75, 3.05) is 19.6 Å². The molecule has 0 bridgehead atoms. The lowest BCUT2D eigenvalue weighted by Crippen LogP contribution is -2.51. The number of hydrogen-bond acceptors (Lipinski definition) is 2. The zero-order valence-corrected chi connectivity index (χ0v) is 12.5. The molecule has 1 fully saturated rings. The van der Waals surface area contributed by atoms with Crippen molar-refractivity contribution in [2.45, 2.75) is 32.2 Å². The van der Waals surface area contributed by atoms with Crippen LogP contribution in [0, 0.1) is 0 Å². The van der Waals surface area contributed by atoms with Crippen LogP contribution in [0.1, 0.15) is 37.8 Å². The first kappa shape index (κ1) is 15.4. The van der Waals surface area contributed by atoms with Crippen LogP contribution in [0.4, 0.5) is 4.79 Å². The normalized spacial score (nSPS) is 16.2. The molecule has 1 saturated heterocycles. The molecule has 114 valence electrons. The maximum Gasteiger partial charge on any atom is 0.318 e. The molecule has 3 amide bonds. The van der Waals surface area contributed by atoms with Crippen LogP contribution in [0.2, 0.25) is 0 Å². The predicted molar refractivity (Wildman–Crippen MR) is 81.8 cm³/mol. The third-order valence-electron chi connectivity index (χ3n) is 3.62. The molecular formula is C16H23N3O2. The zero-order chi connectivity index (χ0) is 15.1. The Labute approximate surface area is 125 Å². The topological polar surface area (TPSA) is 61.4 Å². The summed E-state index contributed by atoms with van der Waals surface area (Å²) in [5.74, 6) is -0.105. The van der Waals surface area contributed by atoms with E-state index >= 15 is 0 Å². The zero-order valence-electron chi connectivity index (χ0n) is 12.5. The van der Waals surface area contributed by atoms with E-state index in [1.54, 1.807) is 4.90 Å². The van der Waals surface area contributed by atoms with Gasteiger partial charge in [-0.25, -0.2) is 4.79 Å². The standard InChI is InChI=1S/C16H23N3O2/c1-2-3-10-17-15(20)14(13-8-5-4-6-9-13)19-12-7-11-18-16(19)21/h4-6,8-9,14H,2-3,7,10-12H2,1H3,(H,17,20)(H,18,21). The van der Waals surface area contributed by atoms with Crippen LogP contribution in [-0.4, -0.2) is 36.5 Å². The molecule has 1 atom stereocenters. The number of unbranched alkanes of at least 4 members (excludes halogenated alkanes) is 1. The maximum absolute atomic E-state index is 12.5. The summed E-state index contributed by atoms with van der Waals surface area (Å²) in [7, 11) is 0. The number of carbonyl (C=O) groups excluding carboxylic acids is 2. The van der Waals surface area contributed by atoms with Gasteiger partial charge in [-0.1, -0.05) is 43.7 Å².